The molecule has 0 aromatic carbocycles. The van der Waals surface area contributed by atoms with Gasteiger partial charge in [0, 0.05) is 19.3 Å². The van der Waals surface area contributed by atoms with Gasteiger partial charge in [-0.1, -0.05) is 27.7 Å². The van der Waals surface area contributed by atoms with Crippen molar-refractivity contribution in [2.45, 2.75) is 60.8 Å². The summed E-state index contributed by atoms with van der Waals surface area (Å²) in [6, 6.07) is 0. The summed E-state index contributed by atoms with van der Waals surface area (Å²) in [5.41, 5.74) is -0.0736. The van der Waals surface area contributed by atoms with Gasteiger partial charge in [-0.2, -0.15) is 0 Å². The zero-order valence-electron chi connectivity index (χ0n) is 15.1. The lowest BCUT2D eigenvalue weighted by Crippen LogP contribution is -2.32. The third kappa shape index (κ3) is 6.33. The van der Waals surface area contributed by atoms with Crippen molar-refractivity contribution in [1.29, 1.82) is 0 Å². The first kappa shape index (κ1) is 20.3. The quantitative estimate of drug-likeness (QED) is 0.279. The number of hydrogen-bond donors (Lipinski definition) is 0. The summed E-state index contributed by atoms with van der Waals surface area (Å²) in [4.78, 5) is 25.0. The third-order valence-electron chi connectivity index (χ3n) is 3.36. The minimum atomic E-state index is -1.58. The second-order valence-electron chi connectivity index (χ2n) is 6.91. The van der Waals surface area contributed by atoms with E-state index in [-0.39, 0.29) is 28.5 Å². The van der Waals surface area contributed by atoms with Gasteiger partial charge in [0.2, 0.25) is 0 Å². The van der Waals surface area contributed by atoms with Gasteiger partial charge in [-0.05, 0) is 25.2 Å². The fourth-order valence-electron chi connectivity index (χ4n) is 2.52. The van der Waals surface area contributed by atoms with Crippen molar-refractivity contribution in [3.8, 4) is 0 Å². The monoisotopic (exact) mass is 344 g/mol. The Morgan fingerprint density at radius 2 is 1.57 bits per heavy atom. The summed E-state index contributed by atoms with van der Waals surface area (Å²) in [6.07, 6.45) is 1.24. The van der Waals surface area contributed by atoms with Crippen LogP contribution in [-0.2, 0) is 23.2 Å². The molecule has 1 aliphatic rings. The lowest BCUT2D eigenvalue weighted by molar-refractivity contribution is -0.127. The summed E-state index contributed by atoms with van der Waals surface area (Å²) in [6.45, 7) is 12.5. The Balaban J connectivity index is 3.12. The standard InChI is InChI=1S/C17H29O5P/c1-7-20-23(21-8-2)22-15(9-12(3)4)16-13(18)10-17(5,6)11-14(16)19/h12H,7-11H2,1-6H3. The fraction of sp³-hybridized carbons (Fsp3) is 0.765. The Bertz CT molecular complexity index is 440. The van der Waals surface area contributed by atoms with Crippen molar-refractivity contribution in [1.82, 2.24) is 0 Å². The van der Waals surface area contributed by atoms with E-state index in [4.69, 9.17) is 13.6 Å². The molecule has 1 aliphatic carbocycles. The van der Waals surface area contributed by atoms with E-state index in [9.17, 15) is 9.59 Å². The second-order valence-corrected chi connectivity index (χ2v) is 8.06. The predicted octanol–water partition coefficient (Wildman–Crippen LogP) is 4.56. The van der Waals surface area contributed by atoms with Crippen LogP contribution >= 0.6 is 8.60 Å². The molecule has 1 rings (SSSR count). The van der Waals surface area contributed by atoms with Gasteiger partial charge in [0.05, 0.1) is 18.8 Å². The molecule has 0 aromatic rings. The Morgan fingerprint density at radius 1 is 1.09 bits per heavy atom. The van der Waals surface area contributed by atoms with E-state index in [1.165, 1.54) is 0 Å². The van der Waals surface area contributed by atoms with Crippen LogP contribution in [0.25, 0.3) is 0 Å². The molecule has 0 aliphatic heterocycles. The zero-order valence-corrected chi connectivity index (χ0v) is 16.0. The maximum atomic E-state index is 12.5. The van der Waals surface area contributed by atoms with Crippen molar-refractivity contribution in [2.24, 2.45) is 11.3 Å². The summed E-state index contributed by atoms with van der Waals surface area (Å²) in [5.74, 6) is 0.418. The molecule has 6 heteroatoms. The van der Waals surface area contributed by atoms with Crippen molar-refractivity contribution in [3.05, 3.63) is 11.3 Å². The average Bonchev–Trinajstić information content (AvgIpc) is 2.35. The van der Waals surface area contributed by atoms with Crippen LogP contribution in [0, 0.1) is 11.3 Å². The number of carbonyl (C=O) groups excluding carboxylic acids is 2. The van der Waals surface area contributed by atoms with E-state index in [2.05, 4.69) is 0 Å². The van der Waals surface area contributed by atoms with E-state index >= 15 is 0 Å². The highest BCUT2D eigenvalue weighted by Crippen LogP contribution is 2.45. The van der Waals surface area contributed by atoms with Crippen molar-refractivity contribution in [2.75, 3.05) is 13.2 Å². The minimum absolute atomic E-state index is 0.134. The van der Waals surface area contributed by atoms with Gasteiger partial charge in [0.15, 0.2) is 11.6 Å². The molecular formula is C17H29O5P. The highest BCUT2D eigenvalue weighted by atomic mass is 31.2. The van der Waals surface area contributed by atoms with E-state index in [1.807, 2.05) is 41.5 Å². The van der Waals surface area contributed by atoms with Crippen LogP contribution in [-0.4, -0.2) is 24.8 Å². The first-order valence-electron chi connectivity index (χ1n) is 8.23. The van der Waals surface area contributed by atoms with E-state index in [0.29, 0.717) is 38.2 Å². The maximum Gasteiger partial charge on any atom is 0.396 e. The molecule has 0 atom stereocenters. The van der Waals surface area contributed by atoms with Crippen molar-refractivity contribution >= 4 is 20.2 Å². The zero-order chi connectivity index (χ0) is 17.6. The van der Waals surface area contributed by atoms with Crippen LogP contribution < -0.4 is 0 Å². The van der Waals surface area contributed by atoms with Gasteiger partial charge in [0.25, 0.3) is 0 Å². The molecule has 23 heavy (non-hydrogen) atoms. The second kappa shape index (κ2) is 8.91. The number of ketones is 2. The molecule has 0 aromatic heterocycles. The molecule has 0 saturated heterocycles. The topological polar surface area (TPSA) is 61.8 Å². The first-order chi connectivity index (χ1) is 10.7. The SMILES string of the molecule is CCOP(OCC)OC(CC(C)C)=C1C(=O)CC(C)(C)CC1=O. The molecule has 0 N–H and O–H groups in total. The molecule has 5 nitrogen and oxygen atoms in total. The Labute approximate surface area is 140 Å². The van der Waals surface area contributed by atoms with Crippen LogP contribution in [0.3, 0.4) is 0 Å². The van der Waals surface area contributed by atoms with Crippen LogP contribution in [0.5, 0.6) is 0 Å². The summed E-state index contributed by atoms with van der Waals surface area (Å²) < 4.78 is 16.8. The molecule has 0 spiro atoms. The van der Waals surface area contributed by atoms with E-state index in [1.54, 1.807) is 0 Å². The van der Waals surface area contributed by atoms with Gasteiger partial charge in [0.1, 0.15) is 5.76 Å². The minimum Gasteiger partial charge on any atom is -0.430 e. The molecule has 0 unspecified atom stereocenters. The maximum absolute atomic E-state index is 12.5. The van der Waals surface area contributed by atoms with Crippen LogP contribution in [0.2, 0.25) is 0 Å². The molecule has 0 amide bonds. The highest BCUT2D eigenvalue weighted by Gasteiger charge is 2.38. The number of allylic oxidation sites excluding steroid dienone is 2. The molecule has 0 heterocycles. The van der Waals surface area contributed by atoms with Gasteiger partial charge in [-0.25, -0.2) is 0 Å². The van der Waals surface area contributed by atoms with Crippen LogP contribution in [0.4, 0.5) is 0 Å². The summed E-state index contributed by atoms with van der Waals surface area (Å²) >= 11 is 0. The van der Waals surface area contributed by atoms with Crippen molar-refractivity contribution < 1.29 is 23.2 Å². The first-order valence-corrected chi connectivity index (χ1v) is 9.33. The number of rotatable bonds is 8. The number of hydrogen-bond acceptors (Lipinski definition) is 5. The van der Waals surface area contributed by atoms with E-state index < -0.39 is 8.60 Å². The summed E-state index contributed by atoms with van der Waals surface area (Å²) in [5, 5.41) is 0. The lowest BCUT2D eigenvalue weighted by atomic mass is 9.73. The van der Waals surface area contributed by atoms with Crippen molar-refractivity contribution in [3.63, 3.8) is 0 Å². The van der Waals surface area contributed by atoms with Crippen LogP contribution in [0.1, 0.15) is 60.8 Å². The van der Waals surface area contributed by atoms with Crippen LogP contribution in [0.15, 0.2) is 11.3 Å². The average molecular weight is 344 g/mol. The van der Waals surface area contributed by atoms with E-state index in [0.717, 1.165) is 0 Å². The fourth-order valence-corrected chi connectivity index (χ4v) is 3.47. The smallest absolute Gasteiger partial charge is 0.396 e. The molecule has 132 valence electrons. The predicted molar refractivity (Wildman–Crippen MR) is 90.8 cm³/mol. The highest BCUT2D eigenvalue weighted by molar-refractivity contribution is 7.41. The lowest BCUT2D eigenvalue weighted by Gasteiger charge is -2.30. The molecule has 1 saturated carbocycles. The third-order valence-corrected chi connectivity index (χ3v) is 4.67. The van der Waals surface area contributed by atoms with Gasteiger partial charge in [-0.15, -0.1) is 0 Å². The molecule has 0 radical (unpaired) electrons. The van der Waals surface area contributed by atoms with Gasteiger partial charge < -0.3 is 13.6 Å². The van der Waals surface area contributed by atoms with Gasteiger partial charge in [-0.3, -0.25) is 9.59 Å². The molecule has 1 fully saturated rings. The molecule has 0 bridgehead atoms. The number of Topliss-reactive ketones (excluding diaryl/α,β-unsaturated/α-hetero) is 2. The number of carbonyl (C=O) groups is 2. The van der Waals surface area contributed by atoms with Gasteiger partial charge >= 0.3 is 8.60 Å². The molecular weight excluding hydrogens is 315 g/mol. The summed E-state index contributed by atoms with van der Waals surface area (Å²) in [7, 11) is -1.58. The normalized spacial score (nSPS) is 18.0. The largest absolute Gasteiger partial charge is 0.430 e. The Kier molecular flexibility index (Phi) is 7.85. The Hall–Kier alpha value is -0.770. The Morgan fingerprint density at radius 3 is 1.96 bits per heavy atom.